The monoisotopic (exact) mass is 296 g/mol. The molecule has 20 heavy (non-hydrogen) atoms. The number of nitro groups is 1. The molecule has 0 saturated heterocycles. The number of hydrogen-bond acceptors (Lipinski definition) is 6. The van der Waals surface area contributed by atoms with Gasteiger partial charge in [0.2, 0.25) is 5.82 Å². The molecule has 7 nitrogen and oxygen atoms in total. The second-order valence-electron chi connectivity index (χ2n) is 4.80. The summed E-state index contributed by atoms with van der Waals surface area (Å²) in [6, 6.07) is 1.83. The van der Waals surface area contributed by atoms with Gasteiger partial charge in [-0.25, -0.2) is 4.68 Å². The third kappa shape index (κ3) is 2.66. The molecule has 0 aliphatic rings. The Morgan fingerprint density at radius 1 is 1.65 bits per heavy atom. The van der Waals surface area contributed by atoms with Gasteiger partial charge in [-0.3, -0.25) is 10.1 Å². The smallest absolute Gasteiger partial charge is 0.333 e. The molecule has 0 radical (unpaired) electrons. The summed E-state index contributed by atoms with van der Waals surface area (Å²) in [6.07, 6.45) is 0. The molecule has 8 heteroatoms. The Kier molecular flexibility index (Phi) is 3.78. The molecule has 0 saturated carbocycles. The van der Waals surface area contributed by atoms with Crippen molar-refractivity contribution in [1.29, 1.82) is 0 Å². The number of aromatic nitrogens is 2. The van der Waals surface area contributed by atoms with Gasteiger partial charge in [0.05, 0.1) is 4.92 Å². The van der Waals surface area contributed by atoms with Gasteiger partial charge in [0.15, 0.2) is 0 Å². The molecule has 2 aromatic heterocycles. The highest BCUT2D eigenvalue weighted by Crippen LogP contribution is 2.29. The predicted molar refractivity (Wildman–Crippen MR) is 77.0 cm³/mol. The van der Waals surface area contributed by atoms with Crippen LogP contribution in [0.3, 0.4) is 0 Å². The number of aryl methyl sites for hydroxylation is 2. The molecule has 0 amide bonds. The molecule has 0 fully saturated rings. The lowest BCUT2D eigenvalue weighted by Gasteiger charge is -2.23. The summed E-state index contributed by atoms with van der Waals surface area (Å²) in [5.74, 6) is 0.294. The Labute approximate surface area is 120 Å². The third-order valence-electron chi connectivity index (χ3n) is 3.12. The van der Waals surface area contributed by atoms with Crippen molar-refractivity contribution in [3.8, 4) is 0 Å². The highest BCUT2D eigenvalue weighted by molar-refractivity contribution is 7.08. The van der Waals surface area contributed by atoms with Gasteiger partial charge in [0.1, 0.15) is 11.3 Å². The maximum atomic E-state index is 11.1. The van der Waals surface area contributed by atoms with Crippen molar-refractivity contribution in [2.75, 3.05) is 11.9 Å². The molecule has 2 aromatic rings. The van der Waals surface area contributed by atoms with Crippen LogP contribution in [0.5, 0.6) is 0 Å². The summed E-state index contributed by atoms with van der Waals surface area (Å²) >= 11 is 1.49. The van der Waals surface area contributed by atoms with Gasteiger partial charge in [-0.2, -0.15) is 16.4 Å². The number of nitrogens with one attached hydrogen (secondary N) is 1. The van der Waals surface area contributed by atoms with Crippen LogP contribution < -0.4 is 5.32 Å². The molecule has 2 rings (SSSR count). The van der Waals surface area contributed by atoms with Crippen LogP contribution in [0.2, 0.25) is 0 Å². The minimum Gasteiger partial charge on any atom is -0.384 e. The van der Waals surface area contributed by atoms with E-state index in [-0.39, 0.29) is 12.2 Å². The van der Waals surface area contributed by atoms with E-state index < -0.39 is 10.5 Å². The highest BCUT2D eigenvalue weighted by atomic mass is 32.1. The minimum absolute atomic E-state index is 0.0615. The first-order valence-electron chi connectivity index (χ1n) is 6.00. The Morgan fingerprint density at radius 3 is 2.90 bits per heavy atom. The van der Waals surface area contributed by atoms with E-state index >= 15 is 0 Å². The number of rotatable bonds is 5. The van der Waals surface area contributed by atoms with Crippen LogP contribution >= 0.6 is 11.3 Å². The SMILES string of the molecule is Cc1nn(C)c(NCC(C)(O)c2ccsc2)c1[N+](=O)[O-]. The number of thiophene rings is 1. The lowest BCUT2D eigenvalue weighted by atomic mass is 9.99. The molecule has 1 unspecified atom stereocenters. The second kappa shape index (κ2) is 5.22. The third-order valence-corrected chi connectivity index (χ3v) is 3.80. The summed E-state index contributed by atoms with van der Waals surface area (Å²) in [5, 5.41) is 32.1. The van der Waals surface area contributed by atoms with Crippen molar-refractivity contribution in [3.63, 3.8) is 0 Å². The van der Waals surface area contributed by atoms with Crippen LogP contribution in [0, 0.1) is 17.0 Å². The van der Waals surface area contributed by atoms with Gasteiger partial charge in [-0.15, -0.1) is 0 Å². The molecular formula is C12H16N4O3S. The molecule has 0 aliphatic heterocycles. The Hall–Kier alpha value is -1.93. The second-order valence-corrected chi connectivity index (χ2v) is 5.58. The molecule has 0 bridgehead atoms. The topological polar surface area (TPSA) is 93.2 Å². The normalized spacial score (nSPS) is 14.0. The first-order valence-corrected chi connectivity index (χ1v) is 6.94. The van der Waals surface area contributed by atoms with Crippen LogP contribution in [-0.4, -0.2) is 26.4 Å². The van der Waals surface area contributed by atoms with Gasteiger partial charge < -0.3 is 10.4 Å². The summed E-state index contributed by atoms with van der Waals surface area (Å²) in [4.78, 5) is 10.6. The lowest BCUT2D eigenvalue weighted by molar-refractivity contribution is -0.384. The fourth-order valence-electron chi connectivity index (χ4n) is 1.99. The molecule has 1 atom stereocenters. The fraction of sp³-hybridized carbons (Fsp3) is 0.417. The largest absolute Gasteiger partial charge is 0.384 e. The molecular weight excluding hydrogens is 280 g/mol. The summed E-state index contributed by atoms with van der Waals surface area (Å²) < 4.78 is 1.41. The standard InChI is InChI=1S/C12H16N4O3S/c1-8-10(16(18)19)11(15(3)14-8)13-7-12(2,17)9-4-5-20-6-9/h4-6,13,17H,7H2,1-3H3. The molecule has 108 valence electrons. The van der Waals surface area contributed by atoms with Crippen LogP contribution in [-0.2, 0) is 12.6 Å². The van der Waals surface area contributed by atoms with Crippen LogP contribution in [0.15, 0.2) is 16.8 Å². The molecule has 2 heterocycles. The van der Waals surface area contributed by atoms with E-state index in [1.54, 1.807) is 20.9 Å². The minimum atomic E-state index is -1.11. The van der Waals surface area contributed by atoms with E-state index in [1.165, 1.54) is 16.0 Å². The predicted octanol–water partition coefficient (Wildman–Crippen LogP) is 2.02. The summed E-state index contributed by atoms with van der Waals surface area (Å²) in [5.41, 5.74) is -0.0492. The zero-order valence-corrected chi connectivity index (χ0v) is 12.3. The first kappa shape index (κ1) is 14.5. The maximum Gasteiger partial charge on any atom is 0.333 e. The Morgan fingerprint density at radius 2 is 2.35 bits per heavy atom. The van der Waals surface area contributed by atoms with Gasteiger partial charge in [-0.05, 0) is 36.2 Å². The van der Waals surface area contributed by atoms with Crippen molar-refractivity contribution in [1.82, 2.24) is 9.78 Å². The number of anilines is 1. The first-order chi connectivity index (χ1) is 9.33. The zero-order chi connectivity index (χ0) is 14.9. The van der Waals surface area contributed by atoms with E-state index in [0.717, 1.165) is 5.56 Å². The van der Waals surface area contributed by atoms with Crippen LogP contribution in [0.25, 0.3) is 0 Å². The van der Waals surface area contributed by atoms with Crippen LogP contribution in [0.4, 0.5) is 11.5 Å². The van der Waals surface area contributed by atoms with E-state index in [4.69, 9.17) is 0 Å². The van der Waals surface area contributed by atoms with E-state index in [1.807, 2.05) is 16.8 Å². The molecule has 2 N–H and O–H groups in total. The van der Waals surface area contributed by atoms with Crippen LogP contribution in [0.1, 0.15) is 18.2 Å². The summed E-state index contributed by atoms with van der Waals surface area (Å²) in [6.45, 7) is 3.40. The van der Waals surface area contributed by atoms with Crippen molar-refractivity contribution in [2.24, 2.45) is 7.05 Å². The van der Waals surface area contributed by atoms with Gasteiger partial charge in [0.25, 0.3) is 0 Å². The van der Waals surface area contributed by atoms with E-state index in [0.29, 0.717) is 11.5 Å². The maximum absolute atomic E-state index is 11.1. The van der Waals surface area contributed by atoms with Crippen molar-refractivity contribution >= 4 is 22.8 Å². The van der Waals surface area contributed by atoms with Gasteiger partial charge in [0, 0.05) is 13.6 Å². The molecule has 0 spiro atoms. The number of aliphatic hydroxyl groups is 1. The fourth-order valence-corrected chi connectivity index (χ4v) is 2.78. The molecule has 0 aromatic carbocycles. The highest BCUT2D eigenvalue weighted by Gasteiger charge is 2.28. The van der Waals surface area contributed by atoms with Crippen molar-refractivity contribution in [3.05, 3.63) is 38.2 Å². The van der Waals surface area contributed by atoms with E-state index in [2.05, 4.69) is 10.4 Å². The molecule has 0 aliphatic carbocycles. The number of hydrogen-bond donors (Lipinski definition) is 2. The lowest BCUT2D eigenvalue weighted by Crippen LogP contribution is -2.31. The summed E-state index contributed by atoms with van der Waals surface area (Å²) in [7, 11) is 1.63. The Balaban J connectivity index is 2.22. The van der Waals surface area contributed by atoms with Crippen molar-refractivity contribution in [2.45, 2.75) is 19.4 Å². The number of nitrogens with zero attached hydrogens (tertiary/aromatic N) is 3. The van der Waals surface area contributed by atoms with Gasteiger partial charge >= 0.3 is 5.69 Å². The average molecular weight is 296 g/mol. The van der Waals surface area contributed by atoms with E-state index in [9.17, 15) is 15.2 Å². The quantitative estimate of drug-likeness (QED) is 0.650. The Bertz CT molecular complexity index is 619. The van der Waals surface area contributed by atoms with Crippen molar-refractivity contribution < 1.29 is 10.0 Å². The zero-order valence-electron chi connectivity index (χ0n) is 11.5. The average Bonchev–Trinajstić information content (AvgIpc) is 2.94. The van der Waals surface area contributed by atoms with Gasteiger partial charge in [-0.1, -0.05) is 0 Å².